The van der Waals surface area contributed by atoms with Gasteiger partial charge in [0.25, 0.3) is 0 Å². The summed E-state index contributed by atoms with van der Waals surface area (Å²) in [5.41, 5.74) is 0. The van der Waals surface area contributed by atoms with E-state index in [2.05, 4.69) is 37.5 Å². The first-order valence-electron chi connectivity index (χ1n) is 4.61. The molecule has 0 amide bonds. The zero-order valence-corrected chi connectivity index (χ0v) is 8.89. The van der Waals surface area contributed by atoms with Crippen molar-refractivity contribution in [3.05, 3.63) is 0 Å². The van der Waals surface area contributed by atoms with Crippen molar-refractivity contribution in [1.29, 1.82) is 0 Å². The summed E-state index contributed by atoms with van der Waals surface area (Å²) in [6.45, 7) is 8.95. The Morgan fingerprint density at radius 1 is 1.23 bits per heavy atom. The van der Waals surface area contributed by atoms with Crippen molar-refractivity contribution in [1.82, 2.24) is 0 Å². The van der Waals surface area contributed by atoms with Crippen LogP contribution in [0.25, 0.3) is 0 Å². The molecule has 0 atom stereocenters. The highest BCUT2D eigenvalue weighted by molar-refractivity contribution is 5.87. The molecule has 0 saturated heterocycles. The highest BCUT2D eigenvalue weighted by Crippen LogP contribution is 2.02. The van der Waals surface area contributed by atoms with Gasteiger partial charge in [-0.2, -0.15) is 0 Å². The van der Waals surface area contributed by atoms with Gasteiger partial charge in [0.2, 0.25) is 0 Å². The van der Waals surface area contributed by atoms with Crippen molar-refractivity contribution in [2.45, 2.75) is 20.8 Å². The van der Waals surface area contributed by atoms with E-state index in [0.717, 1.165) is 19.6 Å². The van der Waals surface area contributed by atoms with Crippen molar-refractivity contribution in [2.75, 3.05) is 26.7 Å². The minimum absolute atomic E-state index is 0.460. The Morgan fingerprint density at radius 3 is 2.00 bits per heavy atom. The molecule has 3 nitrogen and oxygen atoms in total. The molecule has 0 aromatic rings. The van der Waals surface area contributed by atoms with E-state index in [1.807, 2.05) is 0 Å². The number of methoxy groups -OCH3 is 1. The van der Waals surface area contributed by atoms with Crippen molar-refractivity contribution in [3.63, 3.8) is 0 Å². The first-order valence-corrected chi connectivity index (χ1v) is 4.61. The SMILES string of the molecule is CC[N+](C#CC(=O)OC)(CC)CC. The molecular weight excluding hydrogens is 166 g/mol. The fourth-order valence-electron chi connectivity index (χ4n) is 1.12. The van der Waals surface area contributed by atoms with Crippen LogP contribution in [-0.2, 0) is 9.53 Å². The minimum Gasteiger partial charge on any atom is -0.459 e. The second-order valence-corrected chi connectivity index (χ2v) is 2.82. The number of esters is 1. The molecule has 13 heavy (non-hydrogen) atoms. The van der Waals surface area contributed by atoms with E-state index >= 15 is 0 Å². The normalized spacial score (nSPS) is 10.2. The van der Waals surface area contributed by atoms with Crippen molar-refractivity contribution in [2.24, 2.45) is 0 Å². The van der Waals surface area contributed by atoms with Crippen LogP contribution in [0.15, 0.2) is 0 Å². The number of quaternary nitrogens is 1. The van der Waals surface area contributed by atoms with Gasteiger partial charge in [-0.3, -0.25) is 0 Å². The second-order valence-electron chi connectivity index (χ2n) is 2.82. The zero-order chi connectivity index (χ0) is 10.3. The number of ether oxygens (including phenoxy) is 1. The van der Waals surface area contributed by atoms with Gasteiger partial charge in [0.1, 0.15) is 6.04 Å². The Labute approximate surface area is 80.3 Å². The molecular formula is C10H18NO2+. The first kappa shape index (κ1) is 12.0. The lowest BCUT2D eigenvalue weighted by molar-refractivity contribution is -0.858. The molecule has 0 heterocycles. The Morgan fingerprint density at radius 2 is 1.69 bits per heavy atom. The van der Waals surface area contributed by atoms with E-state index in [9.17, 15) is 4.79 Å². The smallest absolute Gasteiger partial charge is 0.389 e. The van der Waals surface area contributed by atoms with Gasteiger partial charge < -0.3 is 4.74 Å². The van der Waals surface area contributed by atoms with Gasteiger partial charge >= 0.3 is 5.97 Å². The summed E-state index contributed by atoms with van der Waals surface area (Å²) in [6, 6.07) is 2.95. The maximum absolute atomic E-state index is 10.8. The van der Waals surface area contributed by atoms with Gasteiger partial charge in [0, 0.05) is 0 Å². The lowest BCUT2D eigenvalue weighted by Crippen LogP contribution is -2.42. The summed E-state index contributed by atoms with van der Waals surface area (Å²) in [6.07, 6.45) is 0. The summed E-state index contributed by atoms with van der Waals surface area (Å²) < 4.78 is 5.10. The van der Waals surface area contributed by atoms with Gasteiger partial charge in [-0.1, -0.05) is 0 Å². The van der Waals surface area contributed by atoms with Gasteiger partial charge in [0.15, 0.2) is 0 Å². The third kappa shape index (κ3) is 3.47. The molecule has 0 aliphatic heterocycles. The van der Waals surface area contributed by atoms with Crippen LogP contribution >= 0.6 is 0 Å². The van der Waals surface area contributed by atoms with Gasteiger partial charge in [-0.05, 0) is 20.8 Å². The lowest BCUT2D eigenvalue weighted by Gasteiger charge is -2.27. The van der Waals surface area contributed by atoms with E-state index < -0.39 is 5.97 Å². The fourth-order valence-corrected chi connectivity index (χ4v) is 1.12. The fraction of sp³-hybridized carbons (Fsp3) is 0.700. The maximum Gasteiger partial charge on any atom is 0.389 e. The Balaban J connectivity index is 4.55. The largest absolute Gasteiger partial charge is 0.459 e. The number of carbonyl (C=O) groups is 1. The predicted molar refractivity (Wildman–Crippen MR) is 51.7 cm³/mol. The molecule has 0 aliphatic rings. The van der Waals surface area contributed by atoms with Crippen molar-refractivity contribution < 1.29 is 14.0 Å². The van der Waals surface area contributed by atoms with Crippen LogP contribution in [0.3, 0.4) is 0 Å². The van der Waals surface area contributed by atoms with Crippen LogP contribution in [0.4, 0.5) is 0 Å². The monoisotopic (exact) mass is 184 g/mol. The molecule has 0 aromatic heterocycles. The van der Waals surface area contributed by atoms with Crippen molar-refractivity contribution in [3.8, 4) is 12.0 Å². The van der Waals surface area contributed by atoms with E-state index in [-0.39, 0.29) is 0 Å². The molecule has 0 aromatic carbocycles. The minimum atomic E-state index is -0.460. The second kappa shape index (κ2) is 5.60. The number of carbonyl (C=O) groups excluding carboxylic acids is 1. The Kier molecular flexibility index (Phi) is 5.17. The topological polar surface area (TPSA) is 26.3 Å². The molecule has 0 fully saturated rings. The van der Waals surface area contributed by atoms with Gasteiger partial charge in [-0.25, -0.2) is 9.28 Å². The molecule has 0 bridgehead atoms. The van der Waals surface area contributed by atoms with Gasteiger partial charge in [0.05, 0.1) is 32.7 Å². The lowest BCUT2D eigenvalue weighted by atomic mass is 10.4. The average molecular weight is 184 g/mol. The Hall–Kier alpha value is -1.01. The molecule has 0 unspecified atom stereocenters. The van der Waals surface area contributed by atoms with E-state index in [1.54, 1.807) is 0 Å². The number of rotatable bonds is 3. The quantitative estimate of drug-likeness (QED) is 0.371. The molecule has 3 heteroatoms. The molecule has 0 rings (SSSR count). The van der Waals surface area contributed by atoms with Crippen LogP contribution in [0, 0.1) is 12.0 Å². The maximum atomic E-state index is 10.8. The van der Waals surface area contributed by atoms with E-state index in [0.29, 0.717) is 4.48 Å². The molecule has 0 radical (unpaired) electrons. The highest BCUT2D eigenvalue weighted by Gasteiger charge is 2.18. The molecule has 0 spiro atoms. The Bertz CT molecular complexity index is 213. The standard InChI is InChI=1S/C10H18NO2/c1-5-11(6-2,7-3)9-8-10(12)13-4/h5-7H2,1-4H3/q+1. The molecule has 0 aliphatic carbocycles. The van der Waals surface area contributed by atoms with E-state index in [4.69, 9.17) is 0 Å². The third-order valence-electron chi connectivity index (χ3n) is 2.40. The predicted octanol–water partition coefficient (Wildman–Crippen LogP) is 0.997. The third-order valence-corrected chi connectivity index (χ3v) is 2.40. The first-order chi connectivity index (χ1) is 6.14. The highest BCUT2D eigenvalue weighted by atomic mass is 16.5. The molecule has 0 saturated carbocycles. The number of hydrogen-bond acceptors (Lipinski definition) is 2. The van der Waals surface area contributed by atoms with Crippen LogP contribution in [0.2, 0.25) is 0 Å². The zero-order valence-electron chi connectivity index (χ0n) is 8.89. The number of nitrogens with zero attached hydrogens (tertiary/aromatic N) is 1. The molecule has 74 valence electrons. The summed E-state index contributed by atoms with van der Waals surface area (Å²) in [7, 11) is 1.34. The van der Waals surface area contributed by atoms with Crippen LogP contribution in [0.1, 0.15) is 20.8 Å². The average Bonchev–Trinajstić information content (AvgIpc) is 2.20. The van der Waals surface area contributed by atoms with Crippen LogP contribution in [0.5, 0.6) is 0 Å². The molecule has 0 N–H and O–H groups in total. The number of hydrogen-bond donors (Lipinski definition) is 0. The summed E-state index contributed by atoms with van der Waals surface area (Å²) in [4.78, 5) is 10.8. The van der Waals surface area contributed by atoms with E-state index in [1.165, 1.54) is 7.11 Å². The summed E-state index contributed by atoms with van der Waals surface area (Å²) in [5.74, 6) is 2.03. The van der Waals surface area contributed by atoms with Crippen LogP contribution < -0.4 is 0 Å². The van der Waals surface area contributed by atoms with Crippen LogP contribution in [-0.4, -0.2) is 37.2 Å². The summed E-state index contributed by atoms with van der Waals surface area (Å²) >= 11 is 0. The van der Waals surface area contributed by atoms with Crippen molar-refractivity contribution >= 4 is 5.97 Å². The summed E-state index contributed by atoms with van der Waals surface area (Å²) in [5, 5.41) is 0. The van der Waals surface area contributed by atoms with Gasteiger partial charge in [-0.15, -0.1) is 0 Å².